The summed E-state index contributed by atoms with van der Waals surface area (Å²) in [6.07, 6.45) is 3.20. The van der Waals surface area contributed by atoms with Gasteiger partial charge in [-0.15, -0.1) is 0 Å². The molecular weight excluding hydrogens is 342 g/mol. The smallest absolute Gasteiger partial charge is 0.302 e. The average Bonchev–Trinajstić information content (AvgIpc) is 2.63. The Kier molecular flexibility index (Phi) is 7.49. The third kappa shape index (κ3) is 5.89. The topological polar surface area (TPSA) is 80.3 Å². The zero-order valence-corrected chi connectivity index (χ0v) is 16.4. The Morgan fingerprint density at radius 2 is 1.70 bits per heavy atom. The van der Waals surface area contributed by atoms with Gasteiger partial charge in [0.15, 0.2) is 0 Å². The van der Waals surface area contributed by atoms with E-state index < -0.39 is 0 Å². The first kappa shape index (κ1) is 20.6. The largest absolute Gasteiger partial charge is 0.461 e. The van der Waals surface area contributed by atoms with Crippen LogP contribution < -0.4 is 10.6 Å². The number of pyridine rings is 1. The second-order valence-electron chi connectivity index (χ2n) is 6.54. The van der Waals surface area contributed by atoms with Crippen molar-refractivity contribution in [3.05, 3.63) is 64.0 Å². The molecule has 1 aromatic heterocycles. The molecular formula is C21H27N3O3. The molecule has 0 aliphatic carbocycles. The second-order valence-corrected chi connectivity index (χ2v) is 6.54. The first-order valence-corrected chi connectivity index (χ1v) is 9.01. The van der Waals surface area contributed by atoms with Crippen LogP contribution in [-0.4, -0.2) is 29.9 Å². The first-order chi connectivity index (χ1) is 12.9. The highest BCUT2D eigenvalue weighted by Crippen LogP contribution is 2.23. The molecule has 0 spiro atoms. The standard InChI is InChI=1S/C21H27N3O3/c1-14-11-15(2)20(13-27-17(4)25)16(3)19(14)12-23-9-10-24-21(26)18-5-7-22-8-6-18/h5-8,11,23H,9-10,12-13H2,1-4H3,(H,24,26). The van der Waals surface area contributed by atoms with Gasteiger partial charge in [-0.1, -0.05) is 6.07 Å². The molecule has 1 aromatic carbocycles. The highest BCUT2D eigenvalue weighted by Gasteiger charge is 2.12. The molecule has 0 aliphatic heterocycles. The molecule has 0 unspecified atom stereocenters. The monoisotopic (exact) mass is 369 g/mol. The summed E-state index contributed by atoms with van der Waals surface area (Å²) in [7, 11) is 0. The van der Waals surface area contributed by atoms with Crippen molar-refractivity contribution in [1.82, 2.24) is 15.6 Å². The molecule has 0 bridgehead atoms. The molecule has 0 fully saturated rings. The average molecular weight is 369 g/mol. The summed E-state index contributed by atoms with van der Waals surface area (Å²) in [6.45, 7) is 9.76. The third-order valence-corrected chi connectivity index (χ3v) is 4.54. The Labute approximate surface area is 160 Å². The molecule has 0 radical (unpaired) electrons. The van der Waals surface area contributed by atoms with Gasteiger partial charge in [0, 0.05) is 44.5 Å². The van der Waals surface area contributed by atoms with E-state index in [-0.39, 0.29) is 11.9 Å². The molecule has 0 atom stereocenters. The highest BCUT2D eigenvalue weighted by atomic mass is 16.5. The fraction of sp³-hybridized carbons (Fsp3) is 0.381. The van der Waals surface area contributed by atoms with Gasteiger partial charge in [0.2, 0.25) is 0 Å². The number of hydrogen-bond acceptors (Lipinski definition) is 5. The number of aromatic nitrogens is 1. The summed E-state index contributed by atoms with van der Waals surface area (Å²) < 4.78 is 5.18. The van der Waals surface area contributed by atoms with E-state index in [0.29, 0.717) is 31.8 Å². The normalized spacial score (nSPS) is 10.5. The van der Waals surface area contributed by atoms with Gasteiger partial charge >= 0.3 is 5.97 Å². The maximum absolute atomic E-state index is 12.0. The predicted octanol–water partition coefficient (Wildman–Crippen LogP) is 2.59. The number of carbonyl (C=O) groups is 2. The van der Waals surface area contributed by atoms with E-state index in [9.17, 15) is 9.59 Å². The molecule has 1 heterocycles. The first-order valence-electron chi connectivity index (χ1n) is 9.01. The van der Waals surface area contributed by atoms with Crippen LogP contribution in [-0.2, 0) is 22.7 Å². The van der Waals surface area contributed by atoms with E-state index in [2.05, 4.69) is 35.5 Å². The van der Waals surface area contributed by atoms with E-state index in [1.54, 1.807) is 24.5 Å². The molecule has 144 valence electrons. The van der Waals surface area contributed by atoms with Gasteiger partial charge in [-0.25, -0.2) is 0 Å². The molecule has 0 aliphatic rings. The van der Waals surface area contributed by atoms with E-state index in [1.807, 2.05) is 6.92 Å². The number of nitrogens with zero attached hydrogens (tertiary/aromatic N) is 1. The van der Waals surface area contributed by atoms with Crippen LogP contribution in [0.4, 0.5) is 0 Å². The molecule has 27 heavy (non-hydrogen) atoms. The Bertz CT molecular complexity index is 804. The lowest BCUT2D eigenvalue weighted by Crippen LogP contribution is -2.31. The van der Waals surface area contributed by atoms with Gasteiger partial charge in [-0.2, -0.15) is 0 Å². The Morgan fingerprint density at radius 1 is 1.04 bits per heavy atom. The molecule has 1 amide bonds. The summed E-state index contributed by atoms with van der Waals surface area (Å²) in [5.74, 6) is -0.385. The predicted molar refractivity (Wildman–Crippen MR) is 104 cm³/mol. The van der Waals surface area contributed by atoms with Crippen molar-refractivity contribution in [1.29, 1.82) is 0 Å². The van der Waals surface area contributed by atoms with Gasteiger partial charge in [0.1, 0.15) is 6.61 Å². The Hall–Kier alpha value is -2.73. The maximum Gasteiger partial charge on any atom is 0.302 e. The molecule has 0 saturated carbocycles. The number of rotatable bonds is 8. The van der Waals surface area contributed by atoms with E-state index in [0.717, 1.165) is 16.7 Å². The van der Waals surface area contributed by atoms with E-state index in [1.165, 1.54) is 18.1 Å². The lowest BCUT2D eigenvalue weighted by molar-refractivity contribution is -0.142. The van der Waals surface area contributed by atoms with Crippen molar-refractivity contribution in [3.63, 3.8) is 0 Å². The van der Waals surface area contributed by atoms with E-state index >= 15 is 0 Å². The number of nitrogens with one attached hydrogen (secondary N) is 2. The van der Waals surface area contributed by atoms with Gasteiger partial charge in [0.25, 0.3) is 5.91 Å². The van der Waals surface area contributed by atoms with Crippen LogP contribution in [0.1, 0.15) is 45.1 Å². The van der Waals surface area contributed by atoms with Gasteiger partial charge in [-0.05, 0) is 60.7 Å². The molecule has 2 aromatic rings. The fourth-order valence-electron chi connectivity index (χ4n) is 3.02. The molecule has 2 N–H and O–H groups in total. The number of ether oxygens (including phenoxy) is 1. The number of carbonyl (C=O) groups excluding carboxylic acids is 2. The van der Waals surface area contributed by atoms with Crippen LogP contribution >= 0.6 is 0 Å². The van der Waals surface area contributed by atoms with Gasteiger partial charge in [0.05, 0.1) is 0 Å². The summed E-state index contributed by atoms with van der Waals surface area (Å²) in [6, 6.07) is 5.49. The SMILES string of the molecule is CC(=O)OCc1c(C)cc(C)c(CNCCNC(=O)c2ccncc2)c1C. The molecule has 2 rings (SSSR count). The zero-order valence-electron chi connectivity index (χ0n) is 16.4. The molecule has 0 saturated heterocycles. The van der Waals surface area contributed by atoms with Crippen molar-refractivity contribution in [2.45, 2.75) is 40.8 Å². The Morgan fingerprint density at radius 3 is 2.37 bits per heavy atom. The number of aryl methyl sites for hydroxylation is 2. The fourth-order valence-corrected chi connectivity index (χ4v) is 3.02. The summed E-state index contributed by atoms with van der Waals surface area (Å²) in [5.41, 5.74) is 6.32. The van der Waals surface area contributed by atoms with Crippen LogP contribution in [0.15, 0.2) is 30.6 Å². The van der Waals surface area contributed by atoms with Crippen LogP contribution in [0, 0.1) is 20.8 Å². The quantitative estimate of drug-likeness (QED) is 0.552. The minimum absolute atomic E-state index is 0.106. The van der Waals surface area contributed by atoms with Crippen molar-refractivity contribution >= 4 is 11.9 Å². The van der Waals surface area contributed by atoms with Gasteiger partial charge < -0.3 is 15.4 Å². The molecule has 6 nitrogen and oxygen atoms in total. The Balaban J connectivity index is 1.89. The minimum atomic E-state index is -0.279. The van der Waals surface area contributed by atoms with Crippen molar-refractivity contribution < 1.29 is 14.3 Å². The van der Waals surface area contributed by atoms with Crippen LogP contribution in [0.5, 0.6) is 0 Å². The van der Waals surface area contributed by atoms with Crippen molar-refractivity contribution in [3.8, 4) is 0 Å². The summed E-state index contributed by atoms with van der Waals surface area (Å²) in [5, 5.41) is 6.25. The second kappa shape index (κ2) is 9.83. The highest BCUT2D eigenvalue weighted by molar-refractivity contribution is 5.93. The summed E-state index contributed by atoms with van der Waals surface area (Å²) >= 11 is 0. The van der Waals surface area contributed by atoms with Crippen molar-refractivity contribution in [2.24, 2.45) is 0 Å². The zero-order chi connectivity index (χ0) is 19.8. The number of amides is 1. The minimum Gasteiger partial charge on any atom is -0.461 e. The number of hydrogen-bond donors (Lipinski definition) is 2. The van der Waals surface area contributed by atoms with Crippen LogP contribution in [0.25, 0.3) is 0 Å². The maximum atomic E-state index is 12.0. The third-order valence-electron chi connectivity index (χ3n) is 4.54. The van der Waals surface area contributed by atoms with Crippen molar-refractivity contribution in [2.75, 3.05) is 13.1 Å². The van der Waals surface area contributed by atoms with Crippen LogP contribution in [0.2, 0.25) is 0 Å². The van der Waals surface area contributed by atoms with Gasteiger partial charge in [-0.3, -0.25) is 14.6 Å². The lowest BCUT2D eigenvalue weighted by atomic mass is 9.93. The number of esters is 1. The van der Waals surface area contributed by atoms with E-state index in [4.69, 9.17) is 4.74 Å². The van der Waals surface area contributed by atoms with Crippen LogP contribution in [0.3, 0.4) is 0 Å². The molecule has 6 heteroatoms. The lowest BCUT2D eigenvalue weighted by Gasteiger charge is -2.18. The summed E-state index contributed by atoms with van der Waals surface area (Å²) in [4.78, 5) is 27.0. The number of benzene rings is 1.